The minimum absolute atomic E-state index is 0.0907. The summed E-state index contributed by atoms with van der Waals surface area (Å²) >= 11 is 0. The summed E-state index contributed by atoms with van der Waals surface area (Å²) < 4.78 is 2.33. The maximum absolute atomic E-state index is 2.55. The third-order valence-electron chi connectivity index (χ3n) is 8.84. The molecule has 0 fully saturated rings. The van der Waals surface area contributed by atoms with Crippen molar-refractivity contribution < 1.29 is 4.57 Å². The summed E-state index contributed by atoms with van der Waals surface area (Å²) in [5.74, 6) is 0. The Kier molecular flexibility index (Phi) is 7.75. The van der Waals surface area contributed by atoms with Gasteiger partial charge in [0.05, 0.1) is 19.0 Å². The Hall–Kier alpha value is -1.93. The van der Waals surface area contributed by atoms with E-state index in [0.29, 0.717) is 16.6 Å². The first kappa shape index (κ1) is 28.6. The average molecular weight is 503 g/mol. The van der Waals surface area contributed by atoms with Gasteiger partial charge in [0.25, 0.3) is 0 Å². The number of hydrogen-bond donors (Lipinski definition) is 0. The van der Waals surface area contributed by atoms with Gasteiger partial charge in [-0.1, -0.05) is 106 Å². The molecule has 0 saturated heterocycles. The lowest BCUT2D eigenvalue weighted by atomic mass is 9.76. The Labute approximate surface area is 223 Å². The number of nitrogens with zero attached hydrogens (tertiary/aromatic N) is 1. The number of aryl methyl sites for hydroxylation is 1. The normalized spacial score (nSPS) is 13.5. The Bertz CT molecular complexity index is 1230. The number of rotatable bonds is 5. The number of benzene rings is 2. The Morgan fingerprint density at radius 2 is 1.28 bits per heavy atom. The van der Waals surface area contributed by atoms with Gasteiger partial charge < -0.3 is 0 Å². The van der Waals surface area contributed by atoms with Crippen LogP contribution in [0.3, 0.4) is 0 Å². The lowest BCUT2D eigenvalue weighted by Crippen LogP contribution is -2.55. The van der Waals surface area contributed by atoms with Gasteiger partial charge in [-0.25, -0.2) is 4.57 Å². The molecule has 3 aromatic rings. The van der Waals surface area contributed by atoms with Gasteiger partial charge in [0.15, 0.2) is 6.20 Å². The van der Waals surface area contributed by atoms with Crippen molar-refractivity contribution in [3.05, 3.63) is 59.3 Å². The summed E-state index contributed by atoms with van der Waals surface area (Å²) in [4.78, 5) is 0. The molecule has 0 aliphatic heterocycles. The molecule has 1 heterocycles. The van der Waals surface area contributed by atoms with Crippen LogP contribution < -0.4 is 9.75 Å². The number of pyridine rings is 1. The predicted molar refractivity (Wildman–Crippen MR) is 163 cm³/mol. The van der Waals surface area contributed by atoms with Crippen LogP contribution in [-0.2, 0) is 17.9 Å². The van der Waals surface area contributed by atoms with E-state index >= 15 is 0 Å². The summed E-state index contributed by atoms with van der Waals surface area (Å²) in [6.07, 6.45) is 2.27. The summed E-state index contributed by atoms with van der Waals surface area (Å²) in [6, 6.07) is 14.7. The summed E-state index contributed by atoms with van der Waals surface area (Å²) in [5, 5.41) is 4.35. The van der Waals surface area contributed by atoms with E-state index in [1.807, 2.05) is 0 Å². The molecule has 0 spiro atoms. The first-order valence-corrected chi connectivity index (χ1v) is 16.3. The molecule has 0 radical (unpaired) electrons. The Balaban J connectivity index is 2.41. The largest absolute Gasteiger partial charge is 0.220 e. The number of aromatic nitrogens is 1. The van der Waals surface area contributed by atoms with Crippen LogP contribution >= 0.6 is 0 Å². The van der Waals surface area contributed by atoms with Gasteiger partial charge in [0.1, 0.15) is 7.05 Å². The molecule has 0 unspecified atom stereocenters. The zero-order valence-corrected chi connectivity index (χ0v) is 26.7. The highest BCUT2D eigenvalue weighted by atomic mass is 28.3. The molecule has 0 N–H and O–H groups in total. The van der Waals surface area contributed by atoms with E-state index in [2.05, 4.69) is 144 Å². The molecular formula is C34H52NSi+. The highest BCUT2D eigenvalue weighted by molar-refractivity contribution is 6.95. The molecule has 3 rings (SSSR count). The van der Waals surface area contributed by atoms with E-state index in [0.717, 1.165) is 0 Å². The van der Waals surface area contributed by atoms with Crippen molar-refractivity contribution in [2.24, 2.45) is 7.05 Å². The minimum atomic E-state index is -1.72. The molecule has 0 amide bonds. The van der Waals surface area contributed by atoms with Crippen molar-refractivity contribution in [1.29, 1.82) is 0 Å². The molecule has 0 bridgehead atoms. The quantitative estimate of drug-likeness (QED) is 0.242. The van der Waals surface area contributed by atoms with Crippen LogP contribution in [-0.4, -0.2) is 8.07 Å². The van der Waals surface area contributed by atoms with Crippen LogP contribution in [0, 0.1) is 6.92 Å². The second-order valence-electron chi connectivity index (χ2n) is 14.2. The van der Waals surface area contributed by atoms with Crippen LogP contribution in [0.25, 0.3) is 22.0 Å². The van der Waals surface area contributed by atoms with Crippen LogP contribution in [0.5, 0.6) is 0 Å². The van der Waals surface area contributed by atoms with E-state index in [-0.39, 0.29) is 10.8 Å². The van der Waals surface area contributed by atoms with E-state index < -0.39 is 8.07 Å². The molecule has 0 atom stereocenters. The van der Waals surface area contributed by atoms with Gasteiger partial charge in [-0.2, -0.15) is 0 Å². The second-order valence-corrected chi connectivity index (χ2v) is 20.1. The molecule has 1 aromatic heterocycles. The topological polar surface area (TPSA) is 3.88 Å². The third kappa shape index (κ3) is 4.83. The van der Waals surface area contributed by atoms with Crippen LogP contribution in [0.1, 0.15) is 99.8 Å². The van der Waals surface area contributed by atoms with Gasteiger partial charge in [0, 0.05) is 6.07 Å². The van der Waals surface area contributed by atoms with E-state index in [1.165, 1.54) is 38.7 Å². The molecular weight excluding hydrogens is 450 g/mol. The van der Waals surface area contributed by atoms with Gasteiger partial charge in [0.2, 0.25) is 5.69 Å². The first-order chi connectivity index (χ1) is 16.4. The first-order valence-electron chi connectivity index (χ1n) is 14.0. The van der Waals surface area contributed by atoms with E-state index in [1.54, 1.807) is 5.19 Å². The monoisotopic (exact) mass is 502 g/mol. The van der Waals surface area contributed by atoms with Gasteiger partial charge in [-0.05, 0) is 68.6 Å². The van der Waals surface area contributed by atoms with Gasteiger partial charge >= 0.3 is 0 Å². The fourth-order valence-electron chi connectivity index (χ4n) is 7.15. The van der Waals surface area contributed by atoms with Crippen molar-refractivity contribution in [2.45, 2.75) is 117 Å². The summed E-state index contributed by atoms with van der Waals surface area (Å²) in [6.45, 7) is 31.1. The van der Waals surface area contributed by atoms with E-state index in [4.69, 9.17) is 0 Å². The maximum Gasteiger partial charge on any atom is 0.220 e. The zero-order chi connectivity index (χ0) is 27.4. The third-order valence-corrected chi connectivity index (χ3v) is 15.9. The predicted octanol–water partition coefficient (Wildman–Crippen LogP) is 9.12. The van der Waals surface area contributed by atoms with Crippen molar-refractivity contribution in [1.82, 2.24) is 0 Å². The van der Waals surface area contributed by atoms with Crippen LogP contribution in [0.15, 0.2) is 42.6 Å². The molecule has 196 valence electrons. The van der Waals surface area contributed by atoms with Gasteiger partial charge in [-0.15, -0.1) is 0 Å². The van der Waals surface area contributed by atoms with Crippen molar-refractivity contribution >= 4 is 24.0 Å². The van der Waals surface area contributed by atoms with Crippen LogP contribution in [0.2, 0.25) is 16.6 Å². The van der Waals surface area contributed by atoms with Gasteiger partial charge in [-0.3, -0.25) is 0 Å². The minimum Gasteiger partial charge on any atom is -0.200 e. The standard InChI is InChI=1S/C34H52NSi/c1-22(2)36(23(3)4,24(5)6)28-15-16-29-26(19-28)17-18-35(14)32(29)30-20-27(33(8,9)10)21-31(25(30)7)34(11,12)13/h15-24H,1-14H3/q+1. The summed E-state index contributed by atoms with van der Waals surface area (Å²) in [7, 11) is 0.490. The lowest BCUT2D eigenvalue weighted by molar-refractivity contribution is -0.659. The average Bonchev–Trinajstić information content (AvgIpc) is 2.72. The maximum atomic E-state index is 2.55. The zero-order valence-electron chi connectivity index (χ0n) is 25.7. The fraction of sp³-hybridized carbons (Fsp3) is 0.559. The highest BCUT2D eigenvalue weighted by Crippen LogP contribution is 2.42. The fourth-order valence-corrected chi connectivity index (χ4v) is 13.9. The molecule has 2 aromatic carbocycles. The van der Waals surface area contributed by atoms with Crippen molar-refractivity contribution in [2.75, 3.05) is 0 Å². The summed E-state index contributed by atoms with van der Waals surface area (Å²) in [5.41, 5.74) is 9.25. The molecule has 0 aliphatic rings. The smallest absolute Gasteiger partial charge is 0.200 e. The Morgan fingerprint density at radius 3 is 1.75 bits per heavy atom. The SMILES string of the molecule is Cc1c(-c2c3ccc([Si](C(C)C)(C(C)C)C(C)C)cc3cc[n+]2C)cc(C(C)(C)C)cc1C(C)(C)C. The number of fused-ring (bicyclic) bond motifs is 1. The molecule has 2 heteroatoms. The van der Waals surface area contributed by atoms with E-state index in [9.17, 15) is 0 Å². The molecule has 36 heavy (non-hydrogen) atoms. The van der Waals surface area contributed by atoms with Crippen LogP contribution in [0.4, 0.5) is 0 Å². The van der Waals surface area contributed by atoms with Crippen molar-refractivity contribution in [3.63, 3.8) is 0 Å². The highest BCUT2D eigenvalue weighted by Gasteiger charge is 2.44. The lowest BCUT2D eigenvalue weighted by Gasteiger charge is -2.43. The second kappa shape index (κ2) is 9.75. The molecule has 0 saturated carbocycles. The van der Waals surface area contributed by atoms with Crippen molar-refractivity contribution in [3.8, 4) is 11.3 Å². The number of hydrogen-bond acceptors (Lipinski definition) is 0. The molecule has 1 nitrogen and oxygen atoms in total. The molecule has 0 aliphatic carbocycles. The Morgan fingerprint density at radius 1 is 0.722 bits per heavy atom.